The highest BCUT2D eigenvalue weighted by Crippen LogP contribution is 2.25. The van der Waals surface area contributed by atoms with Gasteiger partial charge < -0.3 is 20.1 Å². The number of carboxylic acids is 1. The van der Waals surface area contributed by atoms with Crippen molar-refractivity contribution in [3.63, 3.8) is 0 Å². The lowest BCUT2D eigenvalue weighted by atomic mass is 9.86. The van der Waals surface area contributed by atoms with Crippen molar-refractivity contribution in [3.8, 4) is 0 Å². The largest absolute Gasteiger partial charge is 0.481 e. The molecule has 6 heteroatoms. The summed E-state index contributed by atoms with van der Waals surface area (Å²) < 4.78 is 5.23. The van der Waals surface area contributed by atoms with Crippen LogP contribution in [-0.2, 0) is 14.9 Å². The molecular formula is C18H26N2O4. The lowest BCUT2D eigenvalue weighted by molar-refractivity contribution is -0.137. The molecule has 1 aliphatic heterocycles. The minimum absolute atomic E-state index is 0.0257. The molecule has 0 aliphatic carbocycles. The van der Waals surface area contributed by atoms with Gasteiger partial charge in [0.25, 0.3) is 0 Å². The maximum atomic E-state index is 12.4. The van der Waals surface area contributed by atoms with E-state index >= 15 is 0 Å². The average molecular weight is 334 g/mol. The maximum absolute atomic E-state index is 12.4. The molecule has 1 aliphatic rings. The molecule has 2 amide bonds. The van der Waals surface area contributed by atoms with Gasteiger partial charge in [0.2, 0.25) is 0 Å². The van der Waals surface area contributed by atoms with Crippen LogP contribution >= 0.6 is 0 Å². The van der Waals surface area contributed by atoms with Crippen molar-refractivity contribution in [2.24, 2.45) is 0 Å². The molecule has 0 bridgehead atoms. The van der Waals surface area contributed by atoms with Crippen LogP contribution in [0, 0.1) is 0 Å². The molecule has 1 fully saturated rings. The predicted molar refractivity (Wildman–Crippen MR) is 91.1 cm³/mol. The first-order valence-corrected chi connectivity index (χ1v) is 8.23. The van der Waals surface area contributed by atoms with Crippen molar-refractivity contribution in [1.29, 1.82) is 0 Å². The number of nitrogens with one attached hydrogen (secondary N) is 1. The van der Waals surface area contributed by atoms with E-state index in [1.165, 1.54) is 5.56 Å². The monoisotopic (exact) mass is 334 g/mol. The first-order valence-electron chi connectivity index (χ1n) is 8.23. The Labute approximate surface area is 142 Å². The zero-order chi connectivity index (χ0) is 17.7. The Morgan fingerprint density at radius 2 is 1.79 bits per heavy atom. The molecule has 1 aromatic rings. The number of amides is 2. The summed E-state index contributed by atoms with van der Waals surface area (Å²) in [4.78, 5) is 25.2. The summed E-state index contributed by atoms with van der Waals surface area (Å²) in [5, 5.41) is 12.0. The van der Waals surface area contributed by atoms with Crippen molar-refractivity contribution >= 4 is 12.0 Å². The summed E-state index contributed by atoms with van der Waals surface area (Å²) in [5.74, 6) is -0.942. The number of carbonyl (C=O) groups excluding carboxylic acids is 1. The van der Waals surface area contributed by atoms with Gasteiger partial charge in [-0.15, -0.1) is 0 Å². The van der Waals surface area contributed by atoms with Gasteiger partial charge in [-0.05, 0) is 16.5 Å². The number of hydrogen-bond donors (Lipinski definition) is 2. The molecule has 1 unspecified atom stereocenters. The fourth-order valence-electron chi connectivity index (χ4n) is 2.65. The number of urea groups is 1. The van der Waals surface area contributed by atoms with E-state index in [1.807, 2.05) is 24.3 Å². The Morgan fingerprint density at radius 3 is 2.29 bits per heavy atom. The molecule has 24 heavy (non-hydrogen) atoms. The summed E-state index contributed by atoms with van der Waals surface area (Å²) in [6.07, 6.45) is -0.148. The summed E-state index contributed by atoms with van der Waals surface area (Å²) in [7, 11) is 0. The zero-order valence-corrected chi connectivity index (χ0v) is 14.5. The Hall–Kier alpha value is -2.08. The third kappa shape index (κ3) is 4.96. The quantitative estimate of drug-likeness (QED) is 0.887. The minimum Gasteiger partial charge on any atom is -0.481 e. The van der Waals surface area contributed by atoms with Crippen LogP contribution in [0.25, 0.3) is 0 Å². The summed E-state index contributed by atoms with van der Waals surface area (Å²) in [6.45, 7) is 8.43. The van der Waals surface area contributed by atoms with Crippen LogP contribution in [0.1, 0.15) is 44.4 Å². The van der Waals surface area contributed by atoms with Crippen LogP contribution < -0.4 is 5.32 Å². The zero-order valence-electron chi connectivity index (χ0n) is 14.5. The normalized spacial score (nSPS) is 16.5. The predicted octanol–water partition coefficient (Wildman–Crippen LogP) is 2.54. The van der Waals surface area contributed by atoms with Crippen LogP contribution in [0.5, 0.6) is 0 Å². The standard InChI is InChI=1S/C18H26N2O4/c1-18(2,3)14-6-4-13(5-7-14)15(12-16(21)22)19-17(23)20-8-10-24-11-9-20/h4-7,15H,8-12H2,1-3H3,(H,19,23)(H,21,22). The summed E-state index contributed by atoms with van der Waals surface area (Å²) in [5.41, 5.74) is 1.99. The van der Waals surface area contributed by atoms with Crippen molar-refractivity contribution in [3.05, 3.63) is 35.4 Å². The van der Waals surface area contributed by atoms with Gasteiger partial charge in [0, 0.05) is 13.1 Å². The van der Waals surface area contributed by atoms with Gasteiger partial charge in [-0.3, -0.25) is 4.79 Å². The van der Waals surface area contributed by atoms with E-state index in [4.69, 9.17) is 9.84 Å². The highest BCUT2D eigenvalue weighted by molar-refractivity contribution is 5.76. The van der Waals surface area contributed by atoms with Crippen LogP contribution in [0.15, 0.2) is 24.3 Å². The lowest BCUT2D eigenvalue weighted by Crippen LogP contribution is -2.47. The number of carboxylic acid groups (broad SMARTS) is 1. The van der Waals surface area contributed by atoms with E-state index in [2.05, 4.69) is 26.1 Å². The molecule has 0 spiro atoms. The van der Waals surface area contributed by atoms with E-state index in [0.29, 0.717) is 26.3 Å². The number of morpholine rings is 1. The number of benzene rings is 1. The first kappa shape index (κ1) is 18.3. The van der Waals surface area contributed by atoms with Gasteiger partial charge in [0.15, 0.2) is 0 Å². The van der Waals surface area contributed by atoms with E-state index in [1.54, 1.807) is 4.90 Å². The number of hydrogen-bond acceptors (Lipinski definition) is 3. The molecule has 1 aromatic carbocycles. The molecule has 1 heterocycles. The highest BCUT2D eigenvalue weighted by atomic mass is 16.5. The highest BCUT2D eigenvalue weighted by Gasteiger charge is 2.23. The van der Waals surface area contributed by atoms with Gasteiger partial charge in [0.1, 0.15) is 0 Å². The third-order valence-electron chi connectivity index (χ3n) is 4.15. The number of rotatable bonds is 4. The average Bonchev–Trinajstić information content (AvgIpc) is 2.54. The molecule has 0 saturated carbocycles. The first-order chi connectivity index (χ1) is 11.3. The lowest BCUT2D eigenvalue weighted by Gasteiger charge is -2.29. The molecule has 0 aromatic heterocycles. The van der Waals surface area contributed by atoms with E-state index < -0.39 is 12.0 Å². The number of aliphatic carboxylic acids is 1. The van der Waals surface area contributed by atoms with Gasteiger partial charge in [-0.2, -0.15) is 0 Å². The molecule has 2 rings (SSSR count). The second kappa shape index (κ2) is 7.66. The second-order valence-electron chi connectivity index (χ2n) is 7.07. The van der Waals surface area contributed by atoms with Crippen molar-refractivity contribution in [2.45, 2.75) is 38.6 Å². The van der Waals surface area contributed by atoms with Crippen LogP contribution in [0.4, 0.5) is 4.79 Å². The minimum atomic E-state index is -0.942. The Morgan fingerprint density at radius 1 is 1.21 bits per heavy atom. The smallest absolute Gasteiger partial charge is 0.318 e. The summed E-state index contributed by atoms with van der Waals surface area (Å²) in [6, 6.07) is 6.98. The summed E-state index contributed by atoms with van der Waals surface area (Å²) >= 11 is 0. The molecule has 2 N–H and O–H groups in total. The van der Waals surface area contributed by atoms with Gasteiger partial charge in [-0.25, -0.2) is 4.79 Å². The number of ether oxygens (including phenoxy) is 1. The number of nitrogens with zero attached hydrogens (tertiary/aromatic N) is 1. The fourth-order valence-corrected chi connectivity index (χ4v) is 2.65. The van der Waals surface area contributed by atoms with E-state index in [-0.39, 0.29) is 17.9 Å². The topological polar surface area (TPSA) is 78.9 Å². The fraction of sp³-hybridized carbons (Fsp3) is 0.556. The Balaban J connectivity index is 2.12. The van der Waals surface area contributed by atoms with Crippen LogP contribution in [0.2, 0.25) is 0 Å². The van der Waals surface area contributed by atoms with E-state index in [9.17, 15) is 9.59 Å². The van der Waals surface area contributed by atoms with Crippen molar-refractivity contribution in [2.75, 3.05) is 26.3 Å². The van der Waals surface area contributed by atoms with Crippen molar-refractivity contribution in [1.82, 2.24) is 10.2 Å². The molecule has 132 valence electrons. The molecule has 6 nitrogen and oxygen atoms in total. The van der Waals surface area contributed by atoms with Gasteiger partial charge in [0.05, 0.1) is 25.7 Å². The Bertz CT molecular complexity index is 572. The molecule has 1 saturated heterocycles. The van der Waals surface area contributed by atoms with Crippen molar-refractivity contribution < 1.29 is 19.4 Å². The van der Waals surface area contributed by atoms with Crippen LogP contribution in [0.3, 0.4) is 0 Å². The van der Waals surface area contributed by atoms with Gasteiger partial charge in [-0.1, -0.05) is 45.0 Å². The van der Waals surface area contributed by atoms with E-state index in [0.717, 1.165) is 5.56 Å². The number of carbonyl (C=O) groups is 2. The van der Waals surface area contributed by atoms with Crippen LogP contribution in [-0.4, -0.2) is 48.3 Å². The molecule has 0 radical (unpaired) electrons. The molecular weight excluding hydrogens is 308 g/mol. The SMILES string of the molecule is CC(C)(C)c1ccc(C(CC(=O)O)NC(=O)N2CCOCC2)cc1. The third-order valence-corrected chi connectivity index (χ3v) is 4.15. The Kier molecular flexibility index (Phi) is 5.83. The second-order valence-corrected chi connectivity index (χ2v) is 7.07. The van der Waals surface area contributed by atoms with Gasteiger partial charge >= 0.3 is 12.0 Å². The maximum Gasteiger partial charge on any atom is 0.318 e. The molecule has 1 atom stereocenters.